The molecule has 0 spiro atoms. The van der Waals surface area contributed by atoms with E-state index in [-0.39, 0.29) is 23.1 Å². The minimum atomic E-state index is -3.87. The zero-order valence-electron chi connectivity index (χ0n) is 12.4. The average molecular weight is 315 g/mol. The van der Waals surface area contributed by atoms with E-state index >= 15 is 0 Å². The molecule has 0 aromatic heterocycles. The number of hydrogen-bond donors (Lipinski definition) is 2. The van der Waals surface area contributed by atoms with Crippen LogP contribution in [0.4, 0.5) is 5.69 Å². The van der Waals surface area contributed by atoms with Crippen LogP contribution in [-0.2, 0) is 14.8 Å². The molecule has 0 saturated heterocycles. The maximum atomic E-state index is 12.3. The molecule has 1 aromatic rings. The number of carbonyl (C=O) groups is 1. The lowest BCUT2D eigenvalue weighted by molar-refractivity contribution is -0.129. The van der Waals surface area contributed by atoms with Gasteiger partial charge in [-0.3, -0.25) is 4.79 Å². The number of anilines is 1. The largest absolute Gasteiger partial charge is 0.495 e. The molecule has 1 aromatic carbocycles. The number of nitrogens with one attached hydrogen (secondary N) is 1. The van der Waals surface area contributed by atoms with Crippen molar-refractivity contribution < 1.29 is 17.9 Å². The molecule has 1 rings (SSSR count). The van der Waals surface area contributed by atoms with Crippen LogP contribution >= 0.6 is 0 Å². The van der Waals surface area contributed by atoms with Crippen molar-refractivity contribution in [2.24, 2.45) is 0 Å². The van der Waals surface area contributed by atoms with E-state index in [0.29, 0.717) is 18.8 Å². The highest BCUT2D eigenvalue weighted by molar-refractivity contribution is 7.89. The van der Waals surface area contributed by atoms with Gasteiger partial charge in [0.25, 0.3) is 0 Å². The predicted octanol–water partition coefficient (Wildman–Crippen LogP) is 0.424. The Morgan fingerprint density at radius 3 is 2.48 bits per heavy atom. The Labute approximate surface area is 125 Å². The summed E-state index contributed by atoms with van der Waals surface area (Å²) in [5.41, 5.74) is 5.90. The Morgan fingerprint density at radius 2 is 1.95 bits per heavy atom. The molecule has 21 heavy (non-hydrogen) atoms. The molecule has 1 amide bonds. The van der Waals surface area contributed by atoms with Gasteiger partial charge in [0.2, 0.25) is 15.9 Å². The van der Waals surface area contributed by atoms with Gasteiger partial charge in [-0.1, -0.05) is 0 Å². The van der Waals surface area contributed by atoms with Gasteiger partial charge in [0.05, 0.1) is 13.7 Å². The van der Waals surface area contributed by atoms with Crippen molar-refractivity contribution >= 4 is 21.6 Å². The van der Waals surface area contributed by atoms with E-state index < -0.39 is 10.0 Å². The van der Waals surface area contributed by atoms with Crippen molar-refractivity contribution in [3.63, 3.8) is 0 Å². The number of amides is 1. The quantitative estimate of drug-likeness (QED) is 0.710. The molecule has 0 heterocycles. The summed E-state index contributed by atoms with van der Waals surface area (Å²) in [4.78, 5) is 13.3. The van der Waals surface area contributed by atoms with Crippen LogP contribution in [0.2, 0.25) is 0 Å². The Kier molecular flexibility index (Phi) is 5.98. The molecule has 0 fully saturated rings. The highest BCUT2D eigenvalue weighted by atomic mass is 32.2. The van der Waals surface area contributed by atoms with E-state index in [9.17, 15) is 13.2 Å². The van der Waals surface area contributed by atoms with Gasteiger partial charge in [0.15, 0.2) is 0 Å². The third-order valence-electron chi connectivity index (χ3n) is 3.01. The molecular formula is C13H21N3O4S. The van der Waals surface area contributed by atoms with Crippen LogP contribution in [0.1, 0.15) is 13.8 Å². The zero-order chi connectivity index (χ0) is 16.0. The number of nitrogens with two attached hydrogens (primary N) is 1. The summed E-state index contributed by atoms with van der Waals surface area (Å²) < 4.78 is 31.8. The SMILES string of the molecule is CCN(CC)C(=O)CNS(=O)(=O)c1cc(N)ccc1OC. The third-order valence-corrected chi connectivity index (χ3v) is 4.43. The Balaban J connectivity index is 2.92. The van der Waals surface area contributed by atoms with Gasteiger partial charge in [0, 0.05) is 18.8 Å². The van der Waals surface area contributed by atoms with Crippen LogP contribution < -0.4 is 15.2 Å². The molecule has 0 radical (unpaired) electrons. The number of likely N-dealkylation sites (N-methyl/N-ethyl adjacent to an activating group) is 1. The average Bonchev–Trinajstić information content (AvgIpc) is 2.46. The van der Waals surface area contributed by atoms with E-state index in [0.717, 1.165) is 0 Å². The number of nitrogens with zero attached hydrogens (tertiary/aromatic N) is 1. The lowest BCUT2D eigenvalue weighted by Crippen LogP contribution is -2.40. The third kappa shape index (κ3) is 4.33. The summed E-state index contributed by atoms with van der Waals surface area (Å²) in [6.07, 6.45) is 0. The molecular weight excluding hydrogens is 294 g/mol. The second-order valence-corrected chi connectivity index (χ2v) is 6.04. The van der Waals surface area contributed by atoms with Crippen molar-refractivity contribution in [2.45, 2.75) is 18.7 Å². The number of rotatable bonds is 7. The number of benzene rings is 1. The second kappa shape index (κ2) is 7.28. The van der Waals surface area contributed by atoms with Crippen LogP contribution in [0.15, 0.2) is 23.1 Å². The van der Waals surface area contributed by atoms with Crippen LogP contribution in [0.5, 0.6) is 5.75 Å². The zero-order valence-corrected chi connectivity index (χ0v) is 13.2. The first kappa shape index (κ1) is 17.3. The fraction of sp³-hybridized carbons (Fsp3) is 0.462. The van der Waals surface area contributed by atoms with Crippen LogP contribution in [0.3, 0.4) is 0 Å². The molecule has 7 nitrogen and oxygen atoms in total. The minimum Gasteiger partial charge on any atom is -0.495 e. The number of carbonyl (C=O) groups excluding carboxylic acids is 1. The van der Waals surface area contributed by atoms with Crippen molar-refractivity contribution in [1.29, 1.82) is 0 Å². The molecule has 0 aliphatic carbocycles. The number of hydrogen-bond acceptors (Lipinski definition) is 5. The minimum absolute atomic E-state index is 0.0858. The fourth-order valence-corrected chi connectivity index (χ4v) is 3.00. The summed E-state index contributed by atoms with van der Waals surface area (Å²) in [6.45, 7) is 4.41. The van der Waals surface area contributed by atoms with E-state index in [1.165, 1.54) is 19.2 Å². The Bertz CT molecular complexity index is 597. The molecule has 0 saturated carbocycles. The first-order chi connectivity index (χ1) is 9.85. The standard InChI is InChI=1S/C13H21N3O4S/c1-4-16(5-2)13(17)9-15-21(18,19)12-8-10(14)6-7-11(12)20-3/h6-8,15H,4-5,9,14H2,1-3H3. The van der Waals surface area contributed by atoms with E-state index in [4.69, 9.17) is 10.5 Å². The Hall–Kier alpha value is -1.80. The lowest BCUT2D eigenvalue weighted by Gasteiger charge is -2.19. The smallest absolute Gasteiger partial charge is 0.244 e. The molecule has 0 aliphatic heterocycles. The number of nitrogen functional groups attached to an aromatic ring is 1. The summed E-state index contributed by atoms with van der Waals surface area (Å²) in [7, 11) is -2.51. The molecule has 0 bridgehead atoms. The van der Waals surface area contributed by atoms with Gasteiger partial charge in [-0.25, -0.2) is 13.1 Å². The van der Waals surface area contributed by atoms with Gasteiger partial charge < -0.3 is 15.4 Å². The van der Waals surface area contributed by atoms with Crippen molar-refractivity contribution in [3.8, 4) is 5.75 Å². The molecule has 8 heteroatoms. The number of sulfonamides is 1. The Morgan fingerprint density at radius 1 is 1.33 bits per heavy atom. The highest BCUT2D eigenvalue weighted by Crippen LogP contribution is 2.25. The van der Waals surface area contributed by atoms with Gasteiger partial charge in [-0.05, 0) is 32.0 Å². The monoisotopic (exact) mass is 315 g/mol. The predicted molar refractivity (Wildman–Crippen MR) is 80.5 cm³/mol. The summed E-state index contributed by atoms with van der Waals surface area (Å²) >= 11 is 0. The van der Waals surface area contributed by atoms with Crippen LogP contribution in [-0.4, -0.2) is 46.0 Å². The van der Waals surface area contributed by atoms with Gasteiger partial charge >= 0.3 is 0 Å². The number of methoxy groups -OCH3 is 1. The van der Waals surface area contributed by atoms with Crippen LogP contribution in [0.25, 0.3) is 0 Å². The normalized spacial score (nSPS) is 11.2. The van der Waals surface area contributed by atoms with E-state index in [1.54, 1.807) is 11.0 Å². The van der Waals surface area contributed by atoms with Gasteiger partial charge in [-0.15, -0.1) is 0 Å². The van der Waals surface area contributed by atoms with Crippen LogP contribution in [0, 0.1) is 0 Å². The topological polar surface area (TPSA) is 102 Å². The molecule has 0 atom stereocenters. The maximum absolute atomic E-state index is 12.3. The first-order valence-corrected chi connectivity index (χ1v) is 8.05. The molecule has 3 N–H and O–H groups in total. The first-order valence-electron chi connectivity index (χ1n) is 6.56. The summed E-state index contributed by atoms with van der Waals surface area (Å²) in [5, 5.41) is 0. The molecule has 118 valence electrons. The van der Waals surface area contributed by atoms with Gasteiger partial charge in [-0.2, -0.15) is 0 Å². The molecule has 0 aliphatic rings. The van der Waals surface area contributed by atoms with Crippen molar-refractivity contribution in [1.82, 2.24) is 9.62 Å². The maximum Gasteiger partial charge on any atom is 0.244 e. The van der Waals surface area contributed by atoms with Crippen molar-refractivity contribution in [3.05, 3.63) is 18.2 Å². The van der Waals surface area contributed by atoms with E-state index in [2.05, 4.69) is 4.72 Å². The lowest BCUT2D eigenvalue weighted by atomic mass is 10.3. The second-order valence-electron chi connectivity index (χ2n) is 4.30. The fourth-order valence-electron chi connectivity index (χ4n) is 1.83. The number of ether oxygens (including phenoxy) is 1. The molecule has 0 unspecified atom stereocenters. The van der Waals surface area contributed by atoms with E-state index in [1.807, 2.05) is 13.8 Å². The summed E-state index contributed by atoms with van der Waals surface area (Å²) in [5.74, 6) is -0.113. The van der Waals surface area contributed by atoms with Crippen molar-refractivity contribution in [2.75, 3.05) is 32.5 Å². The van der Waals surface area contributed by atoms with Gasteiger partial charge in [0.1, 0.15) is 10.6 Å². The highest BCUT2D eigenvalue weighted by Gasteiger charge is 2.21. The summed E-state index contributed by atoms with van der Waals surface area (Å²) in [6, 6.07) is 4.30.